The summed E-state index contributed by atoms with van der Waals surface area (Å²) in [5, 5.41) is 0. The van der Waals surface area contributed by atoms with E-state index in [9.17, 15) is 4.79 Å². The fraction of sp³-hybridized carbons (Fsp3) is 0.708. The zero-order valence-corrected chi connectivity index (χ0v) is 16.7. The number of methoxy groups -OCH3 is 1. The monoisotopic (exact) mass is 366 g/mol. The van der Waals surface area contributed by atoms with E-state index in [2.05, 4.69) is 32.1 Å². The van der Waals surface area contributed by atoms with Crippen molar-refractivity contribution in [3.05, 3.63) is 35.1 Å². The van der Waals surface area contributed by atoms with Crippen LogP contribution >= 0.6 is 0 Å². The second kappa shape index (κ2) is 4.90. The summed E-state index contributed by atoms with van der Waals surface area (Å²) in [6.45, 7) is 4.90. The number of fused-ring (bicyclic) bond motifs is 9. The van der Waals surface area contributed by atoms with E-state index < -0.39 is 0 Å². The third kappa shape index (κ3) is 1.78. The van der Waals surface area contributed by atoms with Crippen molar-refractivity contribution in [3.63, 3.8) is 0 Å². The van der Waals surface area contributed by atoms with E-state index in [-0.39, 0.29) is 22.4 Å². The van der Waals surface area contributed by atoms with Crippen molar-refractivity contribution in [1.29, 1.82) is 0 Å². The van der Waals surface area contributed by atoms with E-state index in [1.807, 2.05) is 0 Å². The summed E-state index contributed by atoms with van der Waals surface area (Å²) < 4.78 is 11.7. The molecule has 6 aliphatic rings. The molecule has 7 atom stereocenters. The van der Waals surface area contributed by atoms with E-state index in [1.54, 1.807) is 12.7 Å². The molecule has 5 aliphatic carbocycles. The second-order valence-corrected chi connectivity index (χ2v) is 10.3. The number of rotatable bonds is 1. The predicted molar refractivity (Wildman–Crippen MR) is 103 cm³/mol. The molecule has 3 fully saturated rings. The highest BCUT2D eigenvalue weighted by molar-refractivity contribution is 5.73. The number of carbonyl (C=O) groups excluding carboxylic acids is 1. The minimum atomic E-state index is -0.165. The first-order valence-corrected chi connectivity index (χ1v) is 10.8. The lowest BCUT2D eigenvalue weighted by Gasteiger charge is -2.55. The van der Waals surface area contributed by atoms with Gasteiger partial charge in [-0.1, -0.05) is 31.6 Å². The molecule has 1 heterocycles. The summed E-state index contributed by atoms with van der Waals surface area (Å²) >= 11 is 0. The third-order valence-corrected chi connectivity index (χ3v) is 9.49. The fourth-order valence-electron chi connectivity index (χ4n) is 8.14. The van der Waals surface area contributed by atoms with Gasteiger partial charge in [-0.3, -0.25) is 4.79 Å². The van der Waals surface area contributed by atoms with Gasteiger partial charge in [-0.2, -0.15) is 0 Å². The largest absolute Gasteiger partial charge is 0.501 e. The topological polar surface area (TPSA) is 35.5 Å². The Hall–Kier alpha value is -1.51. The highest BCUT2D eigenvalue weighted by Gasteiger charge is 2.78. The molecule has 144 valence electrons. The molecule has 3 unspecified atom stereocenters. The van der Waals surface area contributed by atoms with Crippen LogP contribution < -0.4 is 0 Å². The summed E-state index contributed by atoms with van der Waals surface area (Å²) in [4.78, 5) is 12.1. The number of carbonyl (C=O) groups is 1. The molecule has 3 heteroatoms. The first kappa shape index (κ1) is 16.4. The Morgan fingerprint density at radius 3 is 2.78 bits per heavy atom. The van der Waals surface area contributed by atoms with Gasteiger partial charge in [-0.15, -0.1) is 0 Å². The molecule has 1 saturated heterocycles. The molecule has 0 amide bonds. The Balaban J connectivity index is 1.43. The number of allylic oxidation sites excluding steroid dienone is 6. The Labute approximate surface area is 161 Å². The van der Waals surface area contributed by atoms with Crippen LogP contribution in [0.3, 0.4) is 0 Å². The maximum Gasteiger partial charge on any atom is 0.306 e. The van der Waals surface area contributed by atoms with Gasteiger partial charge in [0.1, 0.15) is 5.60 Å². The van der Waals surface area contributed by atoms with Crippen LogP contribution in [0.2, 0.25) is 0 Å². The predicted octanol–water partition coefficient (Wildman–Crippen LogP) is 4.94. The van der Waals surface area contributed by atoms with Crippen LogP contribution in [0, 0.1) is 34.5 Å². The summed E-state index contributed by atoms with van der Waals surface area (Å²) in [6, 6.07) is 0. The van der Waals surface area contributed by atoms with Crippen molar-refractivity contribution in [1.82, 2.24) is 0 Å². The summed E-state index contributed by atoms with van der Waals surface area (Å²) in [5.74, 6) is 3.86. The number of ether oxygens (including phenoxy) is 2. The van der Waals surface area contributed by atoms with Crippen LogP contribution in [0.15, 0.2) is 35.1 Å². The molecule has 0 bridgehead atoms. The smallest absolute Gasteiger partial charge is 0.306 e. The Morgan fingerprint density at radius 1 is 1.19 bits per heavy atom. The van der Waals surface area contributed by atoms with Crippen LogP contribution in [-0.4, -0.2) is 18.7 Å². The summed E-state index contributed by atoms with van der Waals surface area (Å²) in [6.07, 6.45) is 14.6. The van der Waals surface area contributed by atoms with E-state index in [0.29, 0.717) is 24.2 Å². The summed E-state index contributed by atoms with van der Waals surface area (Å²) in [7, 11) is 1.79. The standard InChI is InChI=1S/C24H30O3/c1-22-9-6-15(26-3)12-14(22)4-5-16-18(22)7-10-23(2)21(16)17-13-19(17)24(23)11-8-20(25)27-24/h4,7,12,16-17,19,21H,5-6,8-11,13H2,1-3H3/t16?,17-,19?,21?,22+,23+,24+/m1/s1. The van der Waals surface area contributed by atoms with Gasteiger partial charge in [0.25, 0.3) is 0 Å². The van der Waals surface area contributed by atoms with Crippen molar-refractivity contribution in [2.75, 3.05) is 7.11 Å². The zero-order chi connectivity index (χ0) is 18.6. The lowest BCUT2D eigenvalue weighted by molar-refractivity contribution is -0.165. The first-order chi connectivity index (χ1) is 12.9. The third-order valence-electron chi connectivity index (χ3n) is 9.49. The lowest BCUT2D eigenvalue weighted by atomic mass is 9.50. The molecule has 27 heavy (non-hydrogen) atoms. The van der Waals surface area contributed by atoms with Crippen molar-refractivity contribution >= 4 is 5.97 Å². The molecule has 1 spiro atoms. The van der Waals surface area contributed by atoms with E-state index in [0.717, 1.165) is 43.8 Å². The van der Waals surface area contributed by atoms with Gasteiger partial charge in [0, 0.05) is 29.6 Å². The Bertz CT molecular complexity index is 835. The zero-order valence-electron chi connectivity index (χ0n) is 16.7. The van der Waals surface area contributed by atoms with Crippen LogP contribution in [0.25, 0.3) is 0 Å². The van der Waals surface area contributed by atoms with Gasteiger partial charge < -0.3 is 9.47 Å². The van der Waals surface area contributed by atoms with Crippen LogP contribution in [0.1, 0.15) is 58.8 Å². The second-order valence-electron chi connectivity index (χ2n) is 10.3. The molecule has 6 rings (SSSR count). The van der Waals surface area contributed by atoms with Crippen molar-refractivity contribution in [3.8, 4) is 0 Å². The molecule has 0 N–H and O–H groups in total. The van der Waals surface area contributed by atoms with Crippen LogP contribution in [0.5, 0.6) is 0 Å². The quantitative estimate of drug-likeness (QED) is 0.487. The van der Waals surface area contributed by atoms with E-state index >= 15 is 0 Å². The molecule has 0 aromatic heterocycles. The molecule has 0 radical (unpaired) electrons. The highest BCUT2D eigenvalue weighted by Crippen LogP contribution is 2.78. The van der Waals surface area contributed by atoms with Gasteiger partial charge >= 0.3 is 5.97 Å². The SMILES string of the molecule is COC1=CC2=CCC3C(=CC[C@@]4(C)C3[C@@H]3CC3[C@@]43CCC(=O)O3)[C@@]2(C)CC1. The van der Waals surface area contributed by atoms with Gasteiger partial charge in [-0.05, 0) is 61.5 Å². The lowest BCUT2D eigenvalue weighted by Crippen LogP contribution is -2.53. The molecular formula is C24H30O3. The Kier molecular flexibility index (Phi) is 2.99. The normalized spacial score (nSPS) is 52.0. The molecule has 2 saturated carbocycles. The molecule has 1 aliphatic heterocycles. The van der Waals surface area contributed by atoms with Crippen LogP contribution in [0.4, 0.5) is 0 Å². The fourth-order valence-corrected chi connectivity index (χ4v) is 8.14. The summed E-state index contributed by atoms with van der Waals surface area (Å²) in [5.41, 5.74) is 3.27. The average Bonchev–Trinajstić information content (AvgIpc) is 3.29. The number of hydrogen-bond acceptors (Lipinski definition) is 3. The van der Waals surface area contributed by atoms with E-state index in [1.165, 1.54) is 12.0 Å². The van der Waals surface area contributed by atoms with Crippen molar-refractivity contribution in [2.45, 2.75) is 64.4 Å². The van der Waals surface area contributed by atoms with Crippen LogP contribution in [-0.2, 0) is 14.3 Å². The number of hydrogen-bond donors (Lipinski definition) is 0. The van der Waals surface area contributed by atoms with E-state index in [4.69, 9.17) is 9.47 Å². The highest BCUT2D eigenvalue weighted by atomic mass is 16.6. The molecule has 0 aromatic carbocycles. The number of esters is 1. The van der Waals surface area contributed by atoms with Gasteiger partial charge in [0.05, 0.1) is 12.9 Å². The maximum atomic E-state index is 12.1. The molecule has 0 aromatic rings. The van der Waals surface area contributed by atoms with Crippen molar-refractivity contribution < 1.29 is 14.3 Å². The van der Waals surface area contributed by atoms with Gasteiger partial charge in [0.15, 0.2) is 0 Å². The minimum absolute atomic E-state index is 0.0413. The molecule has 3 nitrogen and oxygen atoms in total. The minimum Gasteiger partial charge on any atom is -0.501 e. The van der Waals surface area contributed by atoms with Crippen molar-refractivity contribution in [2.24, 2.45) is 34.5 Å². The maximum absolute atomic E-state index is 12.1. The average molecular weight is 367 g/mol. The molecular weight excluding hydrogens is 336 g/mol. The first-order valence-electron chi connectivity index (χ1n) is 10.8. The van der Waals surface area contributed by atoms with Gasteiger partial charge in [-0.25, -0.2) is 0 Å². The van der Waals surface area contributed by atoms with Gasteiger partial charge in [0.2, 0.25) is 0 Å². The Morgan fingerprint density at radius 2 is 2.04 bits per heavy atom.